The Labute approximate surface area is 192 Å². The minimum atomic E-state index is -0.635. The molecule has 0 bridgehead atoms. The molecule has 0 radical (unpaired) electrons. The van der Waals surface area contributed by atoms with Crippen molar-refractivity contribution < 1.29 is 0 Å². The van der Waals surface area contributed by atoms with Crippen molar-refractivity contribution in [1.82, 2.24) is 4.90 Å². The number of thiocarbonyl (C=S) groups is 1. The van der Waals surface area contributed by atoms with Crippen LogP contribution in [0.25, 0.3) is 0 Å². The maximum absolute atomic E-state index is 5.78. The van der Waals surface area contributed by atoms with E-state index in [1.165, 1.54) is 27.0 Å². The zero-order chi connectivity index (χ0) is 21.5. The van der Waals surface area contributed by atoms with Crippen LogP contribution in [0.5, 0.6) is 0 Å². The number of benzene rings is 4. The molecule has 0 amide bonds. The first-order chi connectivity index (χ1) is 15.2. The molecule has 4 aromatic rings. The molecular formula is C28H26NPS. The Bertz CT molecular complexity index is 1070. The molecule has 0 aliphatic carbocycles. The van der Waals surface area contributed by atoms with E-state index in [1.54, 1.807) is 0 Å². The van der Waals surface area contributed by atoms with Gasteiger partial charge in [-0.1, -0.05) is 127 Å². The molecule has 154 valence electrons. The van der Waals surface area contributed by atoms with Crippen LogP contribution in [0.15, 0.2) is 115 Å². The van der Waals surface area contributed by atoms with E-state index in [4.69, 9.17) is 12.2 Å². The molecule has 0 aromatic heterocycles. The molecule has 31 heavy (non-hydrogen) atoms. The Morgan fingerprint density at radius 1 is 0.677 bits per heavy atom. The zero-order valence-electron chi connectivity index (χ0n) is 17.7. The Morgan fingerprint density at radius 3 is 1.74 bits per heavy atom. The van der Waals surface area contributed by atoms with Crippen LogP contribution in [0, 0.1) is 0 Å². The average Bonchev–Trinajstić information content (AvgIpc) is 2.82. The number of hydrogen-bond donors (Lipinski definition) is 0. The van der Waals surface area contributed by atoms with Crippen LogP contribution in [-0.2, 0) is 13.0 Å². The fourth-order valence-electron chi connectivity index (χ4n) is 3.69. The van der Waals surface area contributed by atoms with E-state index in [9.17, 15) is 0 Å². The van der Waals surface area contributed by atoms with Gasteiger partial charge in [-0.05, 0) is 35.0 Å². The van der Waals surface area contributed by atoms with Crippen molar-refractivity contribution in [3.05, 3.63) is 126 Å². The second-order valence-corrected chi connectivity index (χ2v) is 10.2. The predicted octanol–water partition coefficient (Wildman–Crippen LogP) is 5.45. The van der Waals surface area contributed by atoms with Gasteiger partial charge in [0.05, 0.1) is 4.99 Å². The third-order valence-corrected chi connectivity index (χ3v) is 8.30. The van der Waals surface area contributed by atoms with E-state index in [1.807, 2.05) is 6.07 Å². The van der Waals surface area contributed by atoms with Crippen LogP contribution in [0.4, 0.5) is 0 Å². The highest BCUT2D eigenvalue weighted by atomic mass is 32.1. The van der Waals surface area contributed by atoms with Crippen molar-refractivity contribution in [2.45, 2.75) is 13.0 Å². The summed E-state index contributed by atoms with van der Waals surface area (Å²) in [7, 11) is 1.47. The van der Waals surface area contributed by atoms with Gasteiger partial charge in [-0.2, -0.15) is 0 Å². The van der Waals surface area contributed by atoms with E-state index in [0.717, 1.165) is 18.0 Å². The Morgan fingerprint density at radius 2 is 1.16 bits per heavy atom. The number of likely N-dealkylation sites (N-methyl/N-ethyl adjacent to an activating group) is 1. The number of hydrogen-bond acceptors (Lipinski definition) is 1. The minimum Gasteiger partial charge on any atom is -0.365 e. The van der Waals surface area contributed by atoms with Gasteiger partial charge in [-0.3, -0.25) is 0 Å². The lowest BCUT2D eigenvalue weighted by Gasteiger charge is -2.26. The maximum atomic E-state index is 5.78. The molecular weight excluding hydrogens is 413 g/mol. The fourth-order valence-corrected chi connectivity index (χ4v) is 6.39. The van der Waals surface area contributed by atoms with Crippen LogP contribution < -0.4 is 15.9 Å². The molecule has 0 fully saturated rings. The SMILES string of the molecule is CN(Cc1ccccc1P(c1ccccc1)c1ccccc1)C(=S)Cc1ccccc1. The molecule has 0 spiro atoms. The van der Waals surface area contributed by atoms with Crippen molar-refractivity contribution in [2.24, 2.45) is 0 Å². The van der Waals surface area contributed by atoms with Crippen molar-refractivity contribution in [2.75, 3.05) is 7.05 Å². The van der Waals surface area contributed by atoms with E-state index < -0.39 is 7.92 Å². The first-order valence-electron chi connectivity index (χ1n) is 10.5. The van der Waals surface area contributed by atoms with E-state index >= 15 is 0 Å². The predicted molar refractivity (Wildman–Crippen MR) is 139 cm³/mol. The molecule has 0 saturated heterocycles. The van der Waals surface area contributed by atoms with Crippen LogP contribution >= 0.6 is 20.1 Å². The highest BCUT2D eigenvalue weighted by Crippen LogP contribution is 2.34. The van der Waals surface area contributed by atoms with Crippen molar-refractivity contribution in [3.8, 4) is 0 Å². The van der Waals surface area contributed by atoms with Gasteiger partial charge < -0.3 is 4.90 Å². The molecule has 4 rings (SSSR count). The first-order valence-corrected chi connectivity index (χ1v) is 12.2. The highest BCUT2D eigenvalue weighted by Gasteiger charge is 2.20. The molecule has 0 heterocycles. The quantitative estimate of drug-likeness (QED) is 0.278. The Hall–Kier alpha value is -2.80. The Balaban J connectivity index is 1.64. The molecule has 1 nitrogen and oxygen atoms in total. The van der Waals surface area contributed by atoms with E-state index in [-0.39, 0.29) is 0 Å². The summed E-state index contributed by atoms with van der Waals surface area (Å²) >= 11 is 5.78. The molecule has 0 N–H and O–H groups in total. The summed E-state index contributed by atoms with van der Waals surface area (Å²) in [5.41, 5.74) is 2.59. The maximum Gasteiger partial charge on any atom is 0.0824 e. The van der Waals surface area contributed by atoms with Gasteiger partial charge in [0.2, 0.25) is 0 Å². The van der Waals surface area contributed by atoms with Gasteiger partial charge in [0.15, 0.2) is 0 Å². The lowest BCUT2D eigenvalue weighted by Crippen LogP contribution is -2.30. The normalized spacial score (nSPS) is 10.8. The van der Waals surface area contributed by atoms with Crippen LogP contribution in [-0.4, -0.2) is 16.9 Å². The molecule has 3 heteroatoms. The van der Waals surface area contributed by atoms with Crippen LogP contribution in [0.3, 0.4) is 0 Å². The molecule has 0 atom stereocenters. The third kappa shape index (κ3) is 5.47. The average molecular weight is 440 g/mol. The standard InChI is InChI=1S/C28H26NPS/c1-29(28(31)21-23-13-5-2-6-14-23)22-24-15-11-12-20-27(24)30(25-16-7-3-8-17-25)26-18-9-4-10-19-26/h2-20H,21-22H2,1H3. The summed E-state index contributed by atoms with van der Waals surface area (Å²) in [5, 5.41) is 4.13. The molecule has 0 unspecified atom stereocenters. The van der Waals surface area contributed by atoms with E-state index in [0.29, 0.717) is 0 Å². The smallest absolute Gasteiger partial charge is 0.0824 e. The second kappa shape index (κ2) is 10.5. The van der Waals surface area contributed by atoms with Gasteiger partial charge in [0, 0.05) is 20.0 Å². The van der Waals surface area contributed by atoms with Gasteiger partial charge in [0.1, 0.15) is 0 Å². The summed E-state index contributed by atoms with van der Waals surface area (Å²) in [4.78, 5) is 3.18. The monoisotopic (exact) mass is 439 g/mol. The van der Waals surface area contributed by atoms with Gasteiger partial charge in [-0.25, -0.2) is 0 Å². The van der Waals surface area contributed by atoms with Crippen molar-refractivity contribution in [3.63, 3.8) is 0 Å². The molecule has 0 aliphatic heterocycles. The van der Waals surface area contributed by atoms with Crippen molar-refractivity contribution >= 4 is 41.0 Å². The molecule has 0 aliphatic rings. The summed E-state index contributed by atoms with van der Waals surface area (Å²) in [6, 6.07) is 41.0. The van der Waals surface area contributed by atoms with Gasteiger partial charge in [-0.15, -0.1) is 0 Å². The number of nitrogens with zero attached hydrogens (tertiary/aromatic N) is 1. The summed E-state index contributed by atoms with van der Waals surface area (Å²) < 4.78 is 0. The second-order valence-electron chi connectivity index (χ2n) is 7.55. The van der Waals surface area contributed by atoms with Gasteiger partial charge in [0.25, 0.3) is 0 Å². The minimum absolute atomic E-state index is 0.635. The third-order valence-electron chi connectivity index (χ3n) is 5.29. The summed E-state index contributed by atoms with van der Waals surface area (Å²) in [6.07, 6.45) is 0.793. The van der Waals surface area contributed by atoms with Crippen LogP contribution in [0.2, 0.25) is 0 Å². The Kier molecular flexibility index (Phi) is 7.25. The molecule has 0 saturated carbocycles. The van der Waals surface area contributed by atoms with E-state index in [2.05, 4.69) is 121 Å². The lowest BCUT2D eigenvalue weighted by molar-refractivity contribution is 0.504. The summed E-state index contributed by atoms with van der Waals surface area (Å²) in [5.74, 6) is 0. The largest absolute Gasteiger partial charge is 0.365 e. The van der Waals surface area contributed by atoms with Crippen LogP contribution in [0.1, 0.15) is 11.1 Å². The van der Waals surface area contributed by atoms with Gasteiger partial charge >= 0.3 is 0 Å². The van der Waals surface area contributed by atoms with Crippen molar-refractivity contribution in [1.29, 1.82) is 0 Å². The number of rotatable bonds is 7. The lowest BCUT2D eigenvalue weighted by atomic mass is 10.1. The highest BCUT2D eigenvalue weighted by molar-refractivity contribution is 7.80. The topological polar surface area (TPSA) is 3.24 Å². The fraction of sp³-hybridized carbons (Fsp3) is 0.107. The molecule has 4 aromatic carbocycles. The first kappa shape index (κ1) is 21.4. The summed E-state index contributed by atoms with van der Waals surface area (Å²) in [6.45, 7) is 0.806. The zero-order valence-corrected chi connectivity index (χ0v) is 19.4.